The van der Waals surface area contributed by atoms with Crippen LogP contribution in [0.1, 0.15) is 27.3 Å². The lowest BCUT2D eigenvalue weighted by Gasteiger charge is -2.08. The molecule has 2 aromatic rings. The van der Waals surface area contributed by atoms with E-state index in [0.717, 1.165) is 21.4 Å². The van der Waals surface area contributed by atoms with Crippen molar-refractivity contribution in [3.63, 3.8) is 0 Å². The quantitative estimate of drug-likeness (QED) is 0.942. The van der Waals surface area contributed by atoms with E-state index in [9.17, 15) is 4.79 Å². The molecule has 98 valence electrons. The highest BCUT2D eigenvalue weighted by Gasteiger charge is 2.10. The minimum atomic E-state index is -0.0814. The highest BCUT2D eigenvalue weighted by Crippen LogP contribution is 2.19. The van der Waals surface area contributed by atoms with Gasteiger partial charge in [0.1, 0.15) is 0 Å². The van der Waals surface area contributed by atoms with Gasteiger partial charge in [-0.2, -0.15) is 0 Å². The topological polar surface area (TPSA) is 42.0 Å². The third kappa shape index (κ3) is 3.41. The fraction of sp³-hybridized carbons (Fsp3) is 0.200. The van der Waals surface area contributed by atoms with Crippen molar-refractivity contribution in [2.75, 3.05) is 0 Å². The van der Waals surface area contributed by atoms with E-state index in [1.54, 1.807) is 0 Å². The number of carbonyl (C=O) groups excluding carboxylic acids is 1. The number of aromatic nitrogens is 1. The van der Waals surface area contributed by atoms with Gasteiger partial charge in [-0.1, -0.05) is 28.1 Å². The summed E-state index contributed by atoms with van der Waals surface area (Å²) in [7, 11) is 0. The number of amides is 1. The fourth-order valence-corrected chi connectivity index (χ4v) is 2.18. The van der Waals surface area contributed by atoms with Gasteiger partial charge in [0, 0.05) is 15.7 Å². The lowest BCUT2D eigenvalue weighted by atomic mass is 10.1. The van der Waals surface area contributed by atoms with E-state index in [0.29, 0.717) is 12.1 Å². The first-order valence-electron chi connectivity index (χ1n) is 6.04. The van der Waals surface area contributed by atoms with Crippen LogP contribution in [0.4, 0.5) is 0 Å². The molecule has 1 aromatic carbocycles. The number of nitrogens with one attached hydrogen (secondary N) is 1. The van der Waals surface area contributed by atoms with E-state index in [1.165, 1.54) is 0 Å². The maximum Gasteiger partial charge on any atom is 0.251 e. The molecule has 0 aliphatic rings. The van der Waals surface area contributed by atoms with Crippen molar-refractivity contribution in [3.05, 3.63) is 63.4 Å². The van der Waals surface area contributed by atoms with Crippen LogP contribution in [0.3, 0.4) is 0 Å². The first-order chi connectivity index (χ1) is 9.08. The molecule has 1 aromatic heterocycles. The Morgan fingerprint density at radius 1 is 1.21 bits per heavy atom. The number of rotatable bonds is 3. The van der Waals surface area contributed by atoms with Crippen molar-refractivity contribution in [3.8, 4) is 0 Å². The van der Waals surface area contributed by atoms with Gasteiger partial charge >= 0.3 is 0 Å². The smallest absolute Gasteiger partial charge is 0.251 e. The van der Waals surface area contributed by atoms with Crippen LogP contribution in [0.15, 0.2) is 40.9 Å². The first-order valence-corrected chi connectivity index (χ1v) is 6.83. The lowest BCUT2D eigenvalue weighted by Crippen LogP contribution is -2.24. The second-order valence-electron chi connectivity index (χ2n) is 4.37. The van der Waals surface area contributed by atoms with Crippen molar-refractivity contribution in [2.45, 2.75) is 20.4 Å². The monoisotopic (exact) mass is 318 g/mol. The Bertz CT molecular complexity index is 611. The van der Waals surface area contributed by atoms with E-state index in [4.69, 9.17) is 0 Å². The second-order valence-corrected chi connectivity index (χ2v) is 5.22. The predicted octanol–water partition coefficient (Wildman–Crippen LogP) is 3.39. The van der Waals surface area contributed by atoms with E-state index in [-0.39, 0.29) is 5.91 Å². The molecule has 0 unspecified atom stereocenters. The highest BCUT2D eigenvalue weighted by atomic mass is 79.9. The van der Waals surface area contributed by atoms with Crippen molar-refractivity contribution in [1.82, 2.24) is 10.3 Å². The van der Waals surface area contributed by atoms with E-state index >= 15 is 0 Å². The number of carbonyl (C=O) groups is 1. The number of nitrogens with zero attached hydrogens (tertiary/aromatic N) is 1. The summed E-state index contributed by atoms with van der Waals surface area (Å²) in [5.74, 6) is -0.0814. The molecule has 4 heteroatoms. The molecule has 1 N–H and O–H groups in total. The van der Waals surface area contributed by atoms with Crippen molar-refractivity contribution in [2.24, 2.45) is 0 Å². The molecule has 0 saturated heterocycles. The Labute approximate surface area is 121 Å². The molecule has 1 amide bonds. The van der Waals surface area contributed by atoms with Crippen molar-refractivity contribution in [1.29, 1.82) is 0 Å². The summed E-state index contributed by atoms with van der Waals surface area (Å²) in [6.07, 6.45) is 0. The maximum atomic E-state index is 12.1. The Morgan fingerprint density at radius 2 is 1.95 bits per heavy atom. The van der Waals surface area contributed by atoms with Crippen LogP contribution in [-0.4, -0.2) is 10.9 Å². The number of hydrogen-bond acceptors (Lipinski definition) is 2. The van der Waals surface area contributed by atoms with Crippen molar-refractivity contribution >= 4 is 21.8 Å². The molecular weight excluding hydrogens is 304 g/mol. The third-order valence-corrected chi connectivity index (χ3v) is 3.75. The molecular formula is C15H15BrN2O. The summed E-state index contributed by atoms with van der Waals surface area (Å²) in [5, 5.41) is 2.89. The SMILES string of the molecule is Cc1cccc(CNC(=O)c2cccc(Br)c2C)n1. The molecule has 0 atom stereocenters. The summed E-state index contributed by atoms with van der Waals surface area (Å²) in [6, 6.07) is 11.4. The molecule has 0 bridgehead atoms. The van der Waals surface area contributed by atoms with Crippen LogP contribution in [0, 0.1) is 13.8 Å². The van der Waals surface area contributed by atoms with Gasteiger partial charge < -0.3 is 5.32 Å². The molecule has 2 rings (SSSR count). The van der Waals surface area contributed by atoms with Crippen LogP contribution in [0.5, 0.6) is 0 Å². The summed E-state index contributed by atoms with van der Waals surface area (Å²) < 4.78 is 0.939. The van der Waals surface area contributed by atoms with Crippen LogP contribution >= 0.6 is 15.9 Å². The highest BCUT2D eigenvalue weighted by molar-refractivity contribution is 9.10. The maximum absolute atomic E-state index is 12.1. The average Bonchev–Trinajstić information content (AvgIpc) is 2.39. The largest absolute Gasteiger partial charge is 0.346 e. The Kier molecular flexibility index (Phi) is 4.32. The van der Waals surface area contributed by atoms with Gasteiger partial charge in [0.05, 0.1) is 12.2 Å². The van der Waals surface area contributed by atoms with E-state index in [1.807, 2.05) is 50.2 Å². The molecule has 0 radical (unpaired) electrons. The number of hydrogen-bond donors (Lipinski definition) is 1. The minimum absolute atomic E-state index is 0.0814. The normalized spacial score (nSPS) is 10.3. The van der Waals surface area contributed by atoms with Gasteiger partial charge in [0.15, 0.2) is 0 Å². The molecule has 0 saturated carbocycles. The first kappa shape index (κ1) is 13.7. The van der Waals surface area contributed by atoms with E-state index < -0.39 is 0 Å². The van der Waals surface area contributed by atoms with Crippen molar-refractivity contribution < 1.29 is 4.79 Å². The number of benzene rings is 1. The van der Waals surface area contributed by atoms with Gasteiger partial charge in [-0.05, 0) is 43.7 Å². The van der Waals surface area contributed by atoms with Gasteiger partial charge in [0.25, 0.3) is 5.91 Å². The summed E-state index contributed by atoms with van der Waals surface area (Å²) >= 11 is 3.43. The van der Waals surface area contributed by atoms with Gasteiger partial charge in [-0.3, -0.25) is 9.78 Å². The molecule has 3 nitrogen and oxygen atoms in total. The molecule has 0 aliphatic heterocycles. The second kappa shape index (κ2) is 5.97. The van der Waals surface area contributed by atoms with E-state index in [2.05, 4.69) is 26.2 Å². The lowest BCUT2D eigenvalue weighted by molar-refractivity contribution is 0.0949. The van der Waals surface area contributed by atoms with Crippen LogP contribution in [-0.2, 0) is 6.54 Å². The summed E-state index contributed by atoms with van der Waals surface area (Å²) in [5.41, 5.74) is 3.44. The number of halogens is 1. The van der Waals surface area contributed by atoms with Crippen LogP contribution in [0.25, 0.3) is 0 Å². The van der Waals surface area contributed by atoms with Crippen LogP contribution in [0.2, 0.25) is 0 Å². The average molecular weight is 319 g/mol. The third-order valence-electron chi connectivity index (χ3n) is 2.89. The summed E-state index contributed by atoms with van der Waals surface area (Å²) in [4.78, 5) is 16.5. The van der Waals surface area contributed by atoms with Gasteiger partial charge in [0.2, 0.25) is 0 Å². The minimum Gasteiger partial charge on any atom is -0.346 e. The molecule has 0 fully saturated rings. The number of pyridine rings is 1. The Hall–Kier alpha value is -1.68. The zero-order chi connectivity index (χ0) is 13.8. The molecule has 0 spiro atoms. The number of aryl methyl sites for hydroxylation is 1. The zero-order valence-electron chi connectivity index (χ0n) is 10.9. The van der Waals surface area contributed by atoms with Gasteiger partial charge in [-0.25, -0.2) is 0 Å². The fourth-order valence-electron chi connectivity index (χ4n) is 1.82. The summed E-state index contributed by atoms with van der Waals surface area (Å²) in [6.45, 7) is 4.29. The molecule has 1 heterocycles. The standard InChI is InChI=1S/C15H15BrN2O/c1-10-5-3-6-12(18-10)9-17-15(19)13-7-4-8-14(16)11(13)2/h3-8H,9H2,1-2H3,(H,17,19). The zero-order valence-corrected chi connectivity index (χ0v) is 12.5. The predicted molar refractivity (Wildman–Crippen MR) is 79.0 cm³/mol. The molecule has 0 aliphatic carbocycles. The molecule has 19 heavy (non-hydrogen) atoms. The van der Waals surface area contributed by atoms with Crippen LogP contribution < -0.4 is 5.32 Å². The van der Waals surface area contributed by atoms with Gasteiger partial charge in [-0.15, -0.1) is 0 Å². The Balaban J connectivity index is 2.08. The Morgan fingerprint density at radius 3 is 2.68 bits per heavy atom.